The average Bonchev–Trinajstić information content (AvgIpc) is 2.81. The Balaban J connectivity index is 1.75. The summed E-state index contributed by atoms with van der Waals surface area (Å²) >= 11 is 0. The summed E-state index contributed by atoms with van der Waals surface area (Å²) in [6, 6.07) is 0.279. The predicted octanol–water partition coefficient (Wildman–Crippen LogP) is 0.143. The summed E-state index contributed by atoms with van der Waals surface area (Å²) < 4.78 is 5.54. The van der Waals surface area contributed by atoms with Crippen LogP contribution in [0.25, 0.3) is 0 Å². The highest BCUT2D eigenvalue weighted by Crippen LogP contribution is 2.43. The van der Waals surface area contributed by atoms with Crippen molar-refractivity contribution in [3.8, 4) is 0 Å². The summed E-state index contributed by atoms with van der Waals surface area (Å²) in [5.41, 5.74) is 0. The first kappa shape index (κ1) is 10.1. The first-order valence-electron chi connectivity index (χ1n) is 5.85. The van der Waals surface area contributed by atoms with Crippen LogP contribution in [0.1, 0.15) is 25.7 Å². The van der Waals surface area contributed by atoms with E-state index < -0.39 is 17.8 Å². The molecular formula is C11H15NO4. The van der Waals surface area contributed by atoms with E-state index in [0.29, 0.717) is 0 Å². The summed E-state index contributed by atoms with van der Waals surface area (Å²) in [6.07, 6.45) is 3.20. The van der Waals surface area contributed by atoms with Crippen molar-refractivity contribution in [3.05, 3.63) is 0 Å². The van der Waals surface area contributed by atoms with Gasteiger partial charge < -0.3 is 15.2 Å². The fraction of sp³-hybridized carbons (Fsp3) is 0.818. The van der Waals surface area contributed by atoms with Gasteiger partial charge in [0.05, 0.1) is 24.0 Å². The molecular weight excluding hydrogens is 210 g/mol. The molecule has 0 radical (unpaired) electrons. The third kappa shape index (κ3) is 1.50. The van der Waals surface area contributed by atoms with Gasteiger partial charge in [0.1, 0.15) is 0 Å². The lowest BCUT2D eigenvalue weighted by atomic mass is 9.78. The minimum absolute atomic E-state index is 0.123. The molecule has 1 saturated carbocycles. The lowest BCUT2D eigenvalue weighted by molar-refractivity contribution is -0.147. The molecule has 0 aromatic carbocycles. The van der Waals surface area contributed by atoms with Crippen molar-refractivity contribution in [2.45, 2.75) is 43.9 Å². The van der Waals surface area contributed by atoms with Crippen LogP contribution >= 0.6 is 0 Å². The summed E-state index contributed by atoms with van der Waals surface area (Å²) in [6.45, 7) is 0. The smallest absolute Gasteiger partial charge is 0.310 e. The van der Waals surface area contributed by atoms with E-state index in [1.807, 2.05) is 0 Å². The van der Waals surface area contributed by atoms with Gasteiger partial charge in [0.25, 0.3) is 0 Å². The fourth-order valence-electron chi connectivity index (χ4n) is 2.85. The molecule has 5 nitrogen and oxygen atoms in total. The van der Waals surface area contributed by atoms with Gasteiger partial charge in [-0.15, -0.1) is 0 Å². The Kier molecular flexibility index (Phi) is 2.17. The molecule has 2 heterocycles. The van der Waals surface area contributed by atoms with Crippen LogP contribution in [0.3, 0.4) is 0 Å². The molecule has 2 saturated heterocycles. The summed E-state index contributed by atoms with van der Waals surface area (Å²) in [4.78, 5) is 23.1. The number of ether oxygens (including phenoxy) is 1. The van der Waals surface area contributed by atoms with Gasteiger partial charge in [-0.1, -0.05) is 0 Å². The van der Waals surface area contributed by atoms with Crippen molar-refractivity contribution in [2.75, 3.05) is 0 Å². The monoisotopic (exact) mass is 225 g/mol. The van der Waals surface area contributed by atoms with Gasteiger partial charge in [0.15, 0.2) is 0 Å². The molecule has 3 rings (SSSR count). The zero-order valence-electron chi connectivity index (χ0n) is 8.89. The zero-order chi connectivity index (χ0) is 11.3. The van der Waals surface area contributed by atoms with Gasteiger partial charge in [-0.05, 0) is 25.7 Å². The number of carbonyl (C=O) groups is 2. The molecule has 1 amide bonds. The van der Waals surface area contributed by atoms with Crippen molar-refractivity contribution < 1.29 is 19.4 Å². The number of fused-ring (bicyclic) bond motifs is 2. The molecule has 5 heteroatoms. The van der Waals surface area contributed by atoms with Crippen LogP contribution < -0.4 is 5.32 Å². The normalized spacial score (nSPS) is 41.0. The number of nitrogens with one attached hydrogen (secondary N) is 1. The molecule has 0 aromatic rings. The maximum atomic E-state index is 11.9. The molecule has 0 spiro atoms. The van der Waals surface area contributed by atoms with Gasteiger partial charge in [0, 0.05) is 6.04 Å². The molecule has 0 aromatic heterocycles. The van der Waals surface area contributed by atoms with Crippen molar-refractivity contribution in [1.29, 1.82) is 0 Å². The van der Waals surface area contributed by atoms with Gasteiger partial charge in [-0.3, -0.25) is 9.59 Å². The van der Waals surface area contributed by atoms with E-state index >= 15 is 0 Å². The quantitative estimate of drug-likeness (QED) is 0.716. The van der Waals surface area contributed by atoms with E-state index in [9.17, 15) is 9.59 Å². The third-order valence-corrected chi connectivity index (χ3v) is 3.78. The van der Waals surface area contributed by atoms with E-state index in [-0.39, 0.29) is 24.2 Å². The van der Waals surface area contributed by atoms with E-state index in [2.05, 4.69) is 5.32 Å². The molecule has 4 atom stereocenters. The Morgan fingerprint density at radius 1 is 1.06 bits per heavy atom. The maximum absolute atomic E-state index is 11.9. The first-order chi connectivity index (χ1) is 7.66. The van der Waals surface area contributed by atoms with Crippen LogP contribution in [0.2, 0.25) is 0 Å². The van der Waals surface area contributed by atoms with E-state index in [1.54, 1.807) is 0 Å². The lowest BCUT2D eigenvalue weighted by Crippen LogP contribution is -2.44. The molecule has 2 bridgehead atoms. The van der Waals surface area contributed by atoms with E-state index in [1.165, 1.54) is 0 Å². The number of carboxylic acid groups (broad SMARTS) is 1. The van der Waals surface area contributed by atoms with Gasteiger partial charge in [-0.2, -0.15) is 0 Å². The van der Waals surface area contributed by atoms with E-state index in [4.69, 9.17) is 9.84 Å². The topological polar surface area (TPSA) is 75.6 Å². The Morgan fingerprint density at radius 2 is 1.69 bits per heavy atom. The Morgan fingerprint density at radius 3 is 2.25 bits per heavy atom. The minimum atomic E-state index is -0.900. The molecule has 3 fully saturated rings. The number of hydrogen-bond donors (Lipinski definition) is 2. The molecule has 2 N–H and O–H groups in total. The Hall–Kier alpha value is -1.10. The van der Waals surface area contributed by atoms with Crippen LogP contribution in [0.15, 0.2) is 0 Å². The average molecular weight is 225 g/mol. The van der Waals surface area contributed by atoms with Gasteiger partial charge >= 0.3 is 5.97 Å². The Bertz CT molecular complexity index is 339. The fourth-order valence-corrected chi connectivity index (χ4v) is 2.85. The second-order valence-corrected chi connectivity index (χ2v) is 4.96. The van der Waals surface area contributed by atoms with Gasteiger partial charge in [-0.25, -0.2) is 0 Å². The maximum Gasteiger partial charge on any atom is 0.310 e. The highest BCUT2D eigenvalue weighted by Gasteiger charge is 2.55. The second kappa shape index (κ2) is 3.45. The molecule has 88 valence electrons. The Labute approximate surface area is 93.2 Å². The van der Waals surface area contributed by atoms with Crippen LogP contribution in [-0.2, 0) is 14.3 Å². The van der Waals surface area contributed by atoms with Crippen LogP contribution in [-0.4, -0.2) is 35.2 Å². The number of rotatable bonds is 3. The highest BCUT2D eigenvalue weighted by molar-refractivity contribution is 5.86. The third-order valence-electron chi connectivity index (χ3n) is 3.78. The van der Waals surface area contributed by atoms with Crippen molar-refractivity contribution in [2.24, 2.45) is 11.8 Å². The summed E-state index contributed by atoms with van der Waals surface area (Å²) in [5, 5.41) is 12.0. The number of carbonyl (C=O) groups excluding carboxylic acids is 1. The number of aliphatic carboxylic acids is 1. The number of amides is 1. The SMILES string of the molecule is O=C(O)[C@@H]1[C@@H](C(=O)NC2CC2)[C@@H]2CC[C@@H]1O2. The summed E-state index contributed by atoms with van der Waals surface area (Å²) in [5.74, 6) is -2.14. The molecule has 2 aliphatic heterocycles. The summed E-state index contributed by atoms with van der Waals surface area (Å²) in [7, 11) is 0. The molecule has 0 unspecified atom stereocenters. The highest BCUT2D eigenvalue weighted by atomic mass is 16.5. The largest absolute Gasteiger partial charge is 0.481 e. The van der Waals surface area contributed by atoms with Gasteiger partial charge in [0.2, 0.25) is 5.91 Å². The predicted molar refractivity (Wildman–Crippen MR) is 53.7 cm³/mol. The molecule has 16 heavy (non-hydrogen) atoms. The van der Waals surface area contributed by atoms with Crippen LogP contribution in [0.4, 0.5) is 0 Å². The molecule has 1 aliphatic carbocycles. The van der Waals surface area contributed by atoms with Crippen molar-refractivity contribution in [3.63, 3.8) is 0 Å². The van der Waals surface area contributed by atoms with Crippen molar-refractivity contribution in [1.82, 2.24) is 5.32 Å². The van der Waals surface area contributed by atoms with Crippen LogP contribution in [0, 0.1) is 11.8 Å². The lowest BCUT2D eigenvalue weighted by Gasteiger charge is -2.23. The first-order valence-corrected chi connectivity index (χ1v) is 5.85. The number of hydrogen-bond acceptors (Lipinski definition) is 3. The second-order valence-electron chi connectivity index (χ2n) is 4.96. The standard InChI is InChI=1S/C11H15NO4/c13-10(12-5-1-2-5)8-6-3-4-7(16-6)9(8)11(14)15/h5-9H,1-4H2,(H,12,13)(H,14,15)/t6-,7-,8-,9-/m0/s1. The number of carboxylic acids is 1. The molecule has 3 aliphatic rings. The van der Waals surface area contributed by atoms with Crippen LogP contribution in [0.5, 0.6) is 0 Å². The zero-order valence-corrected chi connectivity index (χ0v) is 8.89. The van der Waals surface area contributed by atoms with Crippen molar-refractivity contribution >= 4 is 11.9 Å². The minimum Gasteiger partial charge on any atom is -0.481 e. The van der Waals surface area contributed by atoms with E-state index in [0.717, 1.165) is 25.7 Å².